The second kappa shape index (κ2) is 12.1. The van der Waals surface area contributed by atoms with Crippen LogP contribution in [0.1, 0.15) is 51.7 Å². The third kappa shape index (κ3) is 10.6. The molecule has 0 saturated carbocycles. The minimum atomic E-state index is 0.108. The Labute approximate surface area is 177 Å². The van der Waals surface area contributed by atoms with E-state index in [1.54, 1.807) is 0 Å². The molecule has 0 saturated heterocycles. The van der Waals surface area contributed by atoms with E-state index >= 15 is 0 Å². The summed E-state index contributed by atoms with van der Waals surface area (Å²) in [6.45, 7) is 13.3. The molecule has 0 aliphatic heterocycles. The van der Waals surface area contributed by atoms with Gasteiger partial charge in [0.05, 0.1) is 26.4 Å². The lowest BCUT2D eigenvalue weighted by molar-refractivity contribution is -0.0123. The van der Waals surface area contributed by atoms with Crippen LogP contribution < -0.4 is 0 Å². The first-order chi connectivity index (χ1) is 13.9. The SMILES string of the molecule is CC(C)(CCOCc1ccccc1)COCC(C)(C)CCOCc1ccccc1. The molecule has 2 aromatic carbocycles. The van der Waals surface area contributed by atoms with E-state index in [0.29, 0.717) is 13.2 Å². The molecule has 0 amide bonds. The van der Waals surface area contributed by atoms with Crippen LogP contribution in [0.25, 0.3) is 0 Å². The van der Waals surface area contributed by atoms with Crippen LogP contribution in [0.15, 0.2) is 60.7 Å². The van der Waals surface area contributed by atoms with Gasteiger partial charge < -0.3 is 14.2 Å². The number of hydrogen-bond acceptors (Lipinski definition) is 3. The van der Waals surface area contributed by atoms with E-state index in [9.17, 15) is 0 Å². The highest BCUT2D eigenvalue weighted by Gasteiger charge is 2.22. The molecule has 3 nitrogen and oxygen atoms in total. The fourth-order valence-corrected chi connectivity index (χ4v) is 2.97. The Balaban J connectivity index is 1.55. The fourth-order valence-electron chi connectivity index (χ4n) is 2.97. The van der Waals surface area contributed by atoms with Gasteiger partial charge in [-0.1, -0.05) is 88.4 Å². The van der Waals surface area contributed by atoms with Crippen molar-refractivity contribution in [2.75, 3.05) is 26.4 Å². The van der Waals surface area contributed by atoms with Crippen molar-refractivity contribution in [1.82, 2.24) is 0 Å². The topological polar surface area (TPSA) is 27.7 Å². The van der Waals surface area contributed by atoms with E-state index in [2.05, 4.69) is 52.0 Å². The summed E-state index contributed by atoms with van der Waals surface area (Å²) in [5.74, 6) is 0. The Morgan fingerprint density at radius 2 is 0.931 bits per heavy atom. The monoisotopic (exact) mass is 398 g/mol. The van der Waals surface area contributed by atoms with Crippen LogP contribution in [-0.2, 0) is 27.4 Å². The van der Waals surface area contributed by atoms with E-state index in [1.807, 2.05) is 36.4 Å². The zero-order chi connectivity index (χ0) is 21.0. The largest absolute Gasteiger partial charge is 0.380 e. The van der Waals surface area contributed by atoms with Crippen molar-refractivity contribution in [3.63, 3.8) is 0 Å². The van der Waals surface area contributed by atoms with Gasteiger partial charge in [-0.25, -0.2) is 0 Å². The minimum Gasteiger partial charge on any atom is -0.380 e. The Kier molecular flexibility index (Phi) is 9.86. The molecule has 0 N–H and O–H groups in total. The summed E-state index contributed by atoms with van der Waals surface area (Å²) < 4.78 is 17.7. The summed E-state index contributed by atoms with van der Waals surface area (Å²) in [6, 6.07) is 20.6. The molecule has 0 aromatic heterocycles. The van der Waals surface area contributed by atoms with Crippen molar-refractivity contribution in [2.45, 2.75) is 53.8 Å². The molecule has 0 fully saturated rings. The molecule has 0 aliphatic rings. The molecule has 0 bridgehead atoms. The van der Waals surface area contributed by atoms with E-state index in [1.165, 1.54) is 11.1 Å². The van der Waals surface area contributed by atoms with Gasteiger partial charge in [-0.15, -0.1) is 0 Å². The van der Waals surface area contributed by atoms with Crippen LogP contribution in [0.3, 0.4) is 0 Å². The lowest BCUT2D eigenvalue weighted by Gasteiger charge is -2.29. The van der Waals surface area contributed by atoms with Crippen LogP contribution in [0.2, 0.25) is 0 Å². The van der Waals surface area contributed by atoms with Crippen LogP contribution in [0.4, 0.5) is 0 Å². The summed E-state index contributed by atoms with van der Waals surface area (Å²) in [6.07, 6.45) is 1.97. The summed E-state index contributed by atoms with van der Waals surface area (Å²) in [5, 5.41) is 0. The summed E-state index contributed by atoms with van der Waals surface area (Å²) >= 11 is 0. The van der Waals surface area contributed by atoms with Crippen molar-refractivity contribution in [2.24, 2.45) is 10.8 Å². The third-order valence-electron chi connectivity index (χ3n) is 5.06. The minimum absolute atomic E-state index is 0.108. The van der Waals surface area contributed by atoms with Gasteiger partial charge in [0.2, 0.25) is 0 Å². The normalized spacial score (nSPS) is 12.3. The van der Waals surface area contributed by atoms with E-state index in [-0.39, 0.29) is 10.8 Å². The van der Waals surface area contributed by atoms with Crippen molar-refractivity contribution >= 4 is 0 Å². The van der Waals surface area contributed by atoms with Crippen molar-refractivity contribution in [1.29, 1.82) is 0 Å². The van der Waals surface area contributed by atoms with Crippen LogP contribution in [0.5, 0.6) is 0 Å². The molecule has 0 aliphatic carbocycles. The molecule has 0 spiro atoms. The predicted molar refractivity (Wildman–Crippen MR) is 120 cm³/mol. The number of benzene rings is 2. The summed E-state index contributed by atoms with van der Waals surface area (Å²) in [5.41, 5.74) is 2.66. The molecule has 160 valence electrons. The fraction of sp³-hybridized carbons (Fsp3) is 0.538. The molecule has 0 atom stereocenters. The van der Waals surface area contributed by atoms with Crippen molar-refractivity contribution < 1.29 is 14.2 Å². The molecule has 0 radical (unpaired) electrons. The highest BCUT2D eigenvalue weighted by Crippen LogP contribution is 2.25. The summed E-state index contributed by atoms with van der Waals surface area (Å²) in [4.78, 5) is 0. The van der Waals surface area contributed by atoms with Crippen LogP contribution >= 0.6 is 0 Å². The summed E-state index contributed by atoms with van der Waals surface area (Å²) in [7, 11) is 0. The lowest BCUT2D eigenvalue weighted by atomic mass is 9.89. The first kappa shape index (κ1) is 23.6. The van der Waals surface area contributed by atoms with Gasteiger partial charge in [0.15, 0.2) is 0 Å². The van der Waals surface area contributed by atoms with Crippen molar-refractivity contribution in [3.8, 4) is 0 Å². The number of rotatable bonds is 14. The maximum Gasteiger partial charge on any atom is 0.0716 e. The average molecular weight is 399 g/mol. The molecular weight excluding hydrogens is 360 g/mol. The Morgan fingerprint density at radius 1 is 0.552 bits per heavy atom. The first-order valence-corrected chi connectivity index (χ1v) is 10.7. The predicted octanol–water partition coefficient (Wildman–Crippen LogP) is 6.27. The quantitative estimate of drug-likeness (QED) is 0.351. The first-order valence-electron chi connectivity index (χ1n) is 10.7. The van der Waals surface area contributed by atoms with Gasteiger partial charge in [0.25, 0.3) is 0 Å². The van der Waals surface area contributed by atoms with Gasteiger partial charge in [-0.2, -0.15) is 0 Å². The molecule has 0 unspecified atom stereocenters. The molecule has 2 rings (SSSR count). The lowest BCUT2D eigenvalue weighted by Crippen LogP contribution is -2.27. The number of ether oxygens (including phenoxy) is 3. The average Bonchev–Trinajstić information content (AvgIpc) is 2.70. The highest BCUT2D eigenvalue weighted by atomic mass is 16.5. The molecule has 3 heteroatoms. The van der Waals surface area contributed by atoms with Crippen LogP contribution in [-0.4, -0.2) is 26.4 Å². The second-order valence-electron chi connectivity index (χ2n) is 9.40. The van der Waals surface area contributed by atoms with E-state index in [0.717, 1.165) is 39.3 Å². The van der Waals surface area contributed by atoms with E-state index in [4.69, 9.17) is 14.2 Å². The zero-order valence-electron chi connectivity index (χ0n) is 18.7. The van der Waals surface area contributed by atoms with Crippen LogP contribution in [0, 0.1) is 10.8 Å². The molecule has 0 heterocycles. The highest BCUT2D eigenvalue weighted by molar-refractivity contribution is 5.14. The Morgan fingerprint density at radius 3 is 1.31 bits per heavy atom. The molecular formula is C26H38O3. The van der Waals surface area contributed by atoms with Gasteiger partial charge in [0, 0.05) is 13.2 Å². The van der Waals surface area contributed by atoms with Gasteiger partial charge in [-0.3, -0.25) is 0 Å². The molecule has 2 aromatic rings. The van der Waals surface area contributed by atoms with Gasteiger partial charge in [-0.05, 0) is 34.8 Å². The maximum absolute atomic E-state index is 6.08. The zero-order valence-corrected chi connectivity index (χ0v) is 18.7. The maximum atomic E-state index is 6.08. The van der Waals surface area contributed by atoms with Gasteiger partial charge >= 0.3 is 0 Å². The second-order valence-corrected chi connectivity index (χ2v) is 9.40. The molecule has 29 heavy (non-hydrogen) atoms. The van der Waals surface area contributed by atoms with E-state index < -0.39 is 0 Å². The van der Waals surface area contributed by atoms with Crippen molar-refractivity contribution in [3.05, 3.63) is 71.8 Å². The third-order valence-corrected chi connectivity index (χ3v) is 5.06. The Hall–Kier alpha value is -1.68. The van der Waals surface area contributed by atoms with Gasteiger partial charge in [0.1, 0.15) is 0 Å². The Bertz CT molecular complexity index is 605. The standard InChI is InChI=1S/C26H38O3/c1-25(2,15-17-27-19-23-11-7-5-8-12-23)21-29-22-26(3,4)16-18-28-20-24-13-9-6-10-14-24/h5-14H,15-22H2,1-4H3. The smallest absolute Gasteiger partial charge is 0.0716 e. The number of hydrogen-bond donors (Lipinski definition) is 0.